The van der Waals surface area contributed by atoms with Crippen LogP contribution in [0.2, 0.25) is 0 Å². The zero-order chi connectivity index (χ0) is 27.5. The lowest BCUT2D eigenvalue weighted by Gasteiger charge is -2.50. The van der Waals surface area contributed by atoms with E-state index in [1.165, 1.54) is 6.42 Å². The number of carbonyl (C=O) groups excluding carboxylic acids is 2. The van der Waals surface area contributed by atoms with Gasteiger partial charge in [0.25, 0.3) is 0 Å². The quantitative estimate of drug-likeness (QED) is 0.222. The third-order valence-electron chi connectivity index (χ3n) is 9.19. The van der Waals surface area contributed by atoms with Crippen LogP contribution < -0.4 is 21.3 Å². The Morgan fingerprint density at radius 3 is 2.15 bits per heavy atom. The van der Waals surface area contributed by atoms with E-state index in [1.807, 2.05) is 9.80 Å². The van der Waals surface area contributed by atoms with Gasteiger partial charge in [0, 0.05) is 29.4 Å². The molecule has 2 fully saturated rings. The van der Waals surface area contributed by atoms with Crippen LogP contribution in [0.15, 0.2) is 30.3 Å². The number of rotatable bonds is 10. The largest absolute Gasteiger partial charge is 0.346 e. The summed E-state index contributed by atoms with van der Waals surface area (Å²) in [6.07, 6.45) is 8.73. The van der Waals surface area contributed by atoms with Gasteiger partial charge in [-0.2, -0.15) is 0 Å². The van der Waals surface area contributed by atoms with Crippen LogP contribution in [0.3, 0.4) is 0 Å². The maximum Gasteiger partial charge on any atom is 0.239 e. The molecule has 4 aliphatic rings. The number of hydrogen-bond donors (Lipinski definition) is 4. The summed E-state index contributed by atoms with van der Waals surface area (Å²) >= 11 is 0. The Balaban J connectivity index is 1.36. The van der Waals surface area contributed by atoms with Crippen LogP contribution in [-0.4, -0.2) is 52.8 Å². The SMILES string of the molecule is CCCCCCN1C(=O)CNC12Nc1cc3nc4cc2ccc4cc3c2c1C1(NCC(=O)N1CCCCCC)N2. The summed E-state index contributed by atoms with van der Waals surface area (Å²) in [6.45, 7) is 6.31. The molecule has 4 aliphatic heterocycles. The molecule has 2 unspecified atom stereocenters. The maximum atomic E-state index is 13.4. The fraction of sp³-hybridized carbons (Fsp3) is 0.516. The van der Waals surface area contributed by atoms with E-state index in [0.29, 0.717) is 13.1 Å². The molecule has 5 heterocycles. The fourth-order valence-electron chi connectivity index (χ4n) is 7.09. The Bertz CT molecular complexity index is 1520. The number of unbranched alkanes of at least 4 members (excludes halogenated alkanes) is 6. The third-order valence-corrected chi connectivity index (χ3v) is 9.19. The van der Waals surface area contributed by atoms with Crippen molar-refractivity contribution in [2.24, 2.45) is 0 Å². The van der Waals surface area contributed by atoms with Gasteiger partial charge in [0.05, 0.1) is 41.1 Å². The minimum atomic E-state index is -0.904. The van der Waals surface area contributed by atoms with Crippen molar-refractivity contribution in [3.8, 4) is 0 Å². The van der Waals surface area contributed by atoms with Crippen molar-refractivity contribution >= 4 is 45.0 Å². The second kappa shape index (κ2) is 9.59. The van der Waals surface area contributed by atoms with Gasteiger partial charge in [-0.3, -0.25) is 20.2 Å². The predicted molar refractivity (Wildman–Crippen MR) is 158 cm³/mol. The van der Waals surface area contributed by atoms with Crippen molar-refractivity contribution in [2.75, 3.05) is 36.8 Å². The summed E-state index contributed by atoms with van der Waals surface area (Å²) in [4.78, 5) is 35.6. The molecule has 2 aromatic carbocycles. The van der Waals surface area contributed by atoms with Crippen molar-refractivity contribution in [1.29, 1.82) is 0 Å². The van der Waals surface area contributed by atoms with E-state index < -0.39 is 11.6 Å². The molecule has 2 amide bonds. The lowest BCUT2D eigenvalue weighted by Crippen LogP contribution is -2.62. The summed E-state index contributed by atoms with van der Waals surface area (Å²) in [5, 5.41) is 16.7. The third kappa shape index (κ3) is 3.63. The van der Waals surface area contributed by atoms with Gasteiger partial charge in [-0.15, -0.1) is 0 Å². The molecule has 9 heteroatoms. The van der Waals surface area contributed by atoms with E-state index >= 15 is 0 Å². The van der Waals surface area contributed by atoms with E-state index in [9.17, 15) is 9.59 Å². The minimum Gasteiger partial charge on any atom is -0.346 e. The Kier molecular flexibility index (Phi) is 6.12. The number of hydrogen-bond acceptors (Lipinski definition) is 7. The van der Waals surface area contributed by atoms with E-state index in [4.69, 9.17) is 4.98 Å². The smallest absolute Gasteiger partial charge is 0.239 e. The molecule has 7 rings (SSSR count). The van der Waals surface area contributed by atoms with Crippen LogP contribution in [0.4, 0.5) is 11.4 Å². The monoisotopic (exact) mass is 541 g/mol. The minimum absolute atomic E-state index is 0.0856. The van der Waals surface area contributed by atoms with Crippen LogP contribution in [0, 0.1) is 0 Å². The Morgan fingerprint density at radius 2 is 1.45 bits per heavy atom. The molecule has 2 spiro atoms. The number of anilines is 2. The number of nitrogens with zero attached hydrogens (tertiary/aromatic N) is 3. The second-order valence-corrected chi connectivity index (χ2v) is 11.7. The van der Waals surface area contributed by atoms with Crippen molar-refractivity contribution in [1.82, 2.24) is 25.4 Å². The van der Waals surface area contributed by atoms with Gasteiger partial charge in [-0.05, 0) is 31.0 Å². The summed E-state index contributed by atoms with van der Waals surface area (Å²) in [7, 11) is 0. The van der Waals surface area contributed by atoms with E-state index in [1.54, 1.807) is 0 Å². The first-order chi connectivity index (χ1) is 19.5. The van der Waals surface area contributed by atoms with Crippen molar-refractivity contribution in [3.63, 3.8) is 0 Å². The normalized spacial score (nSPS) is 24.4. The first-order valence-electron chi connectivity index (χ1n) is 15.1. The number of aromatic nitrogens is 1. The first-order valence-corrected chi connectivity index (χ1v) is 15.1. The standard InChI is InChI=1S/C31H39N7O2/c1-3-5-7-9-13-37-26(39)18-32-30(37)21-12-11-20-15-22-24(34-23(20)16-21)17-25(35-30)28-29(22)36-31(28)33-19-27(40)38(31)14-10-8-6-4-2/h11-12,15-17,32-33,35-36H,3-10,13-14,18-19H2,1-2H3. The Labute approximate surface area is 235 Å². The molecular formula is C31H39N7O2. The van der Waals surface area contributed by atoms with Crippen LogP contribution in [0.25, 0.3) is 21.8 Å². The topological polar surface area (TPSA) is 102 Å². The highest BCUT2D eigenvalue weighted by Crippen LogP contribution is 2.53. The predicted octanol–water partition coefficient (Wildman–Crippen LogP) is 4.48. The van der Waals surface area contributed by atoms with E-state index in [0.717, 1.165) is 89.3 Å². The van der Waals surface area contributed by atoms with Crippen LogP contribution in [0.1, 0.15) is 76.3 Å². The first kappa shape index (κ1) is 25.5. The highest BCUT2D eigenvalue weighted by atomic mass is 16.2. The lowest BCUT2D eigenvalue weighted by atomic mass is 9.89. The number of nitrogens with one attached hydrogen (secondary N) is 4. The van der Waals surface area contributed by atoms with Gasteiger partial charge < -0.3 is 20.4 Å². The van der Waals surface area contributed by atoms with Gasteiger partial charge in [-0.1, -0.05) is 64.5 Å². The number of pyridine rings is 1. The molecule has 1 aromatic heterocycles. The zero-order valence-electron chi connectivity index (χ0n) is 23.5. The van der Waals surface area contributed by atoms with Crippen LogP contribution >= 0.6 is 0 Å². The summed E-state index contributed by atoms with van der Waals surface area (Å²) in [5.74, 6) is -1.49. The average molecular weight is 542 g/mol. The van der Waals surface area contributed by atoms with Crippen molar-refractivity contribution in [3.05, 3.63) is 41.5 Å². The van der Waals surface area contributed by atoms with Crippen molar-refractivity contribution in [2.45, 2.75) is 76.8 Å². The summed E-state index contributed by atoms with van der Waals surface area (Å²) in [6, 6.07) is 10.6. The average Bonchev–Trinajstić information content (AvgIpc) is 3.44. The van der Waals surface area contributed by atoms with Gasteiger partial charge in [0.2, 0.25) is 17.6 Å². The molecule has 4 bridgehead atoms. The second-order valence-electron chi connectivity index (χ2n) is 11.7. The summed E-state index contributed by atoms with van der Waals surface area (Å²) < 4.78 is 0. The van der Waals surface area contributed by atoms with Crippen LogP contribution in [-0.2, 0) is 21.2 Å². The molecule has 2 atom stereocenters. The number of benzene rings is 2. The Morgan fingerprint density at radius 1 is 0.775 bits per heavy atom. The Hall–Kier alpha value is -3.43. The van der Waals surface area contributed by atoms with Gasteiger partial charge in [0.1, 0.15) is 0 Å². The zero-order valence-corrected chi connectivity index (χ0v) is 23.5. The molecule has 0 radical (unpaired) electrons. The molecule has 4 N–H and O–H groups in total. The van der Waals surface area contributed by atoms with Crippen LogP contribution in [0.5, 0.6) is 0 Å². The molecule has 9 nitrogen and oxygen atoms in total. The highest BCUT2D eigenvalue weighted by Gasteiger charge is 2.57. The van der Waals surface area contributed by atoms with Crippen molar-refractivity contribution < 1.29 is 9.59 Å². The number of fused-ring (bicyclic) bond motifs is 7. The molecule has 40 heavy (non-hydrogen) atoms. The molecule has 0 aliphatic carbocycles. The maximum absolute atomic E-state index is 13.4. The summed E-state index contributed by atoms with van der Waals surface area (Å²) in [5.41, 5.74) is 5.68. The van der Waals surface area contributed by atoms with Gasteiger partial charge >= 0.3 is 0 Å². The van der Waals surface area contributed by atoms with E-state index in [2.05, 4.69) is 65.4 Å². The number of carbonyl (C=O) groups is 2. The molecule has 2 saturated heterocycles. The fourth-order valence-corrected chi connectivity index (χ4v) is 7.09. The number of amides is 2. The highest BCUT2D eigenvalue weighted by molar-refractivity contribution is 6.07. The van der Waals surface area contributed by atoms with E-state index in [-0.39, 0.29) is 24.9 Å². The molecule has 3 aromatic rings. The molecule has 210 valence electrons. The lowest BCUT2D eigenvalue weighted by molar-refractivity contribution is -0.131. The van der Waals surface area contributed by atoms with Gasteiger partial charge in [0.15, 0.2) is 5.79 Å². The van der Waals surface area contributed by atoms with Gasteiger partial charge in [-0.25, -0.2) is 4.98 Å². The molecular weight excluding hydrogens is 502 g/mol. The molecule has 0 saturated carbocycles.